The van der Waals surface area contributed by atoms with Gasteiger partial charge in [-0.1, -0.05) is 0 Å². The van der Waals surface area contributed by atoms with Crippen molar-refractivity contribution in [1.82, 2.24) is 14.5 Å². The van der Waals surface area contributed by atoms with Crippen LogP contribution in [0.1, 0.15) is 20.8 Å². The first kappa shape index (κ1) is 15.9. The van der Waals surface area contributed by atoms with Crippen LogP contribution < -0.4 is 10.3 Å². The monoisotopic (exact) mass is 327 g/mol. The molecule has 0 aromatic carbocycles. The first-order valence-corrected chi connectivity index (χ1v) is 8.62. The first-order chi connectivity index (χ1) is 9.58. The van der Waals surface area contributed by atoms with Crippen LogP contribution in [-0.2, 0) is 17.1 Å². The van der Waals surface area contributed by atoms with Crippen molar-refractivity contribution in [2.75, 3.05) is 0 Å². The van der Waals surface area contributed by atoms with Crippen molar-refractivity contribution >= 4 is 21.4 Å². The van der Waals surface area contributed by atoms with E-state index in [0.29, 0.717) is 11.3 Å². The molecule has 0 radical (unpaired) electrons. The molecule has 0 aliphatic carbocycles. The van der Waals surface area contributed by atoms with Crippen molar-refractivity contribution in [3.8, 4) is 11.3 Å². The summed E-state index contributed by atoms with van der Waals surface area (Å²) >= 11 is 1.12. The summed E-state index contributed by atoms with van der Waals surface area (Å²) in [4.78, 5) is 11.3. The van der Waals surface area contributed by atoms with Gasteiger partial charge in [0, 0.05) is 29.6 Å². The molecule has 0 amide bonds. The number of rotatable bonds is 3. The Balaban J connectivity index is 2.38. The fourth-order valence-corrected chi connectivity index (χ4v) is 4.29. The quantitative estimate of drug-likeness (QED) is 0.928. The largest absolute Gasteiger partial charge is 0.268 e. The minimum Gasteiger partial charge on any atom is -0.268 e. The number of nitrogens with zero attached hydrogens (tertiary/aromatic N) is 2. The topological polar surface area (TPSA) is 81.1 Å². The van der Waals surface area contributed by atoms with Gasteiger partial charge in [-0.3, -0.25) is 4.79 Å². The van der Waals surface area contributed by atoms with Crippen molar-refractivity contribution in [2.45, 2.75) is 30.5 Å². The second-order valence-corrected chi connectivity index (χ2v) is 8.51. The van der Waals surface area contributed by atoms with E-state index in [1.165, 1.54) is 10.7 Å². The van der Waals surface area contributed by atoms with E-state index < -0.39 is 15.6 Å². The second-order valence-electron chi connectivity index (χ2n) is 5.69. The number of nitrogens with one attached hydrogen (secondary N) is 1. The van der Waals surface area contributed by atoms with Crippen LogP contribution in [0.4, 0.5) is 0 Å². The molecule has 0 unspecified atom stereocenters. The summed E-state index contributed by atoms with van der Waals surface area (Å²) in [6.07, 6.45) is 0. The lowest BCUT2D eigenvalue weighted by atomic mass is 10.1. The molecule has 0 saturated carbocycles. The molecule has 0 fully saturated rings. The van der Waals surface area contributed by atoms with E-state index in [9.17, 15) is 13.2 Å². The van der Waals surface area contributed by atoms with Gasteiger partial charge in [-0.25, -0.2) is 17.8 Å². The van der Waals surface area contributed by atoms with E-state index >= 15 is 0 Å². The average molecular weight is 327 g/mol. The third kappa shape index (κ3) is 3.78. The van der Waals surface area contributed by atoms with Crippen molar-refractivity contribution in [2.24, 2.45) is 7.05 Å². The van der Waals surface area contributed by atoms with Gasteiger partial charge in [0.25, 0.3) is 15.6 Å². The van der Waals surface area contributed by atoms with E-state index in [1.807, 2.05) is 0 Å². The predicted molar refractivity (Wildman–Crippen MR) is 82.9 cm³/mol. The molecule has 0 saturated heterocycles. The fourth-order valence-electron chi connectivity index (χ4n) is 1.70. The summed E-state index contributed by atoms with van der Waals surface area (Å²) in [5.41, 5.74) is 0.476. The van der Waals surface area contributed by atoms with Gasteiger partial charge < -0.3 is 0 Å². The molecule has 2 aromatic rings. The van der Waals surface area contributed by atoms with Crippen molar-refractivity contribution in [1.29, 1.82) is 0 Å². The number of aryl methyl sites for hydroxylation is 1. The highest BCUT2D eigenvalue weighted by atomic mass is 32.2. The number of hydrogen-bond acceptors (Lipinski definition) is 5. The zero-order valence-electron chi connectivity index (χ0n) is 12.2. The van der Waals surface area contributed by atoms with Crippen LogP contribution in [-0.4, -0.2) is 23.7 Å². The number of thiophene rings is 1. The zero-order chi connectivity index (χ0) is 15.8. The Morgan fingerprint density at radius 2 is 1.95 bits per heavy atom. The number of hydrogen-bond donors (Lipinski definition) is 1. The third-order valence-electron chi connectivity index (χ3n) is 2.54. The zero-order valence-corrected chi connectivity index (χ0v) is 13.9. The molecule has 2 heterocycles. The maximum absolute atomic E-state index is 12.2. The van der Waals surface area contributed by atoms with Gasteiger partial charge >= 0.3 is 0 Å². The van der Waals surface area contributed by atoms with Gasteiger partial charge in [-0.15, -0.1) is 11.3 Å². The van der Waals surface area contributed by atoms with Crippen molar-refractivity contribution in [3.63, 3.8) is 0 Å². The highest BCUT2D eigenvalue weighted by Gasteiger charge is 2.23. The van der Waals surface area contributed by atoms with Crippen LogP contribution in [0.3, 0.4) is 0 Å². The molecule has 21 heavy (non-hydrogen) atoms. The molecule has 1 N–H and O–H groups in total. The smallest absolute Gasteiger partial charge is 0.266 e. The molecular weight excluding hydrogens is 310 g/mol. The summed E-state index contributed by atoms with van der Waals surface area (Å²) in [6.45, 7) is 5.36. The van der Waals surface area contributed by atoms with Crippen LogP contribution in [0.2, 0.25) is 0 Å². The molecule has 114 valence electrons. The van der Waals surface area contributed by atoms with Gasteiger partial charge in [0.15, 0.2) is 0 Å². The van der Waals surface area contributed by atoms with Gasteiger partial charge in [0.2, 0.25) is 0 Å². The highest BCUT2D eigenvalue weighted by molar-refractivity contribution is 7.91. The average Bonchev–Trinajstić information content (AvgIpc) is 2.79. The Morgan fingerprint density at radius 3 is 2.52 bits per heavy atom. The second kappa shape index (κ2) is 5.36. The summed E-state index contributed by atoms with van der Waals surface area (Å²) in [7, 11) is -2.00. The molecule has 0 aliphatic rings. The van der Waals surface area contributed by atoms with E-state index in [4.69, 9.17) is 0 Å². The van der Waals surface area contributed by atoms with E-state index in [0.717, 1.165) is 11.3 Å². The minimum atomic E-state index is -3.55. The highest BCUT2D eigenvalue weighted by Crippen LogP contribution is 2.27. The molecule has 0 atom stereocenters. The molecule has 0 aliphatic heterocycles. The Morgan fingerprint density at radius 1 is 1.29 bits per heavy atom. The Kier molecular flexibility index (Phi) is 4.05. The molecule has 2 rings (SSSR count). The lowest BCUT2D eigenvalue weighted by Gasteiger charge is -2.19. The number of aromatic nitrogens is 2. The SMILES string of the molecule is Cn1nc(-c2csc(S(=O)(=O)NC(C)(C)C)c2)ccc1=O. The third-order valence-corrected chi connectivity index (χ3v) is 5.73. The van der Waals surface area contributed by atoms with E-state index in [2.05, 4.69) is 9.82 Å². The van der Waals surface area contributed by atoms with Crippen LogP contribution in [0.5, 0.6) is 0 Å². The van der Waals surface area contributed by atoms with Crippen LogP contribution in [0, 0.1) is 0 Å². The number of sulfonamides is 1. The summed E-state index contributed by atoms with van der Waals surface area (Å²) in [5, 5.41) is 5.82. The maximum Gasteiger partial charge on any atom is 0.266 e. The lowest BCUT2D eigenvalue weighted by molar-refractivity contribution is 0.492. The molecule has 8 heteroatoms. The fraction of sp³-hybridized carbons (Fsp3) is 0.385. The molecule has 0 spiro atoms. The minimum absolute atomic E-state index is 0.212. The lowest BCUT2D eigenvalue weighted by Crippen LogP contribution is -2.40. The maximum atomic E-state index is 12.2. The van der Waals surface area contributed by atoms with Gasteiger partial charge in [0.1, 0.15) is 4.21 Å². The molecule has 0 bridgehead atoms. The Hall–Kier alpha value is -1.51. The van der Waals surface area contributed by atoms with E-state index in [1.54, 1.807) is 45.3 Å². The summed E-state index contributed by atoms with van der Waals surface area (Å²) in [6, 6.07) is 4.55. The molecule has 6 nitrogen and oxygen atoms in total. The molecular formula is C13H17N3O3S2. The van der Waals surface area contributed by atoms with Crippen molar-refractivity contribution in [3.05, 3.63) is 33.9 Å². The Bertz CT molecular complexity index is 814. The van der Waals surface area contributed by atoms with E-state index in [-0.39, 0.29) is 9.77 Å². The van der Waals surface area contributed by atoms with Gasteiger partial charge in [-0.05, 0) is 32.9 Å². The summed E-state index contributed by atoms with van der Waals surface area (Å²) < 4.78 is 28.5. The molecule has 2 aromatic heterocycles. The van der Waals surface area contributed by atoms with Gasteiger partial charge in [-0.2, -0.15) is 5.10 Å². The van der Waals surface area contributed by atoms with Gasteiger partial charge in [0.05, 0.1) is 5.69 Å². The van der Waals surface area contributed by atoms with Crippen LogP contribution >= 0.6 is 11.3 Å². The predicted octanol–water partition coefficient (Wildman–Crippen LogP) is 1.59. The first-order valence-electron chi connectivity index (χ1n) is 6.26. The van der Waals surface area contributed by atoms with Crippen molar-refractivity contribution < 1.29 is 8.42 Å². The summed E-state index contributed by atoms with van der Waals surface area (Å²) in [5.74, 6) is 0. The van der Waals surface area contributed by atoms with Crippen LogP contribution in [0.25, 0.3) is 11.3 Å². The van der Waals surface area contributed by atoms with Crippen LogP contribution in [0.15, 0.2) is 32.6 Å². The normalized spacial score (nSPS) is 12.6. The standard InChI is InChI=1S/C13H17N3O3S2/c1-13(2,3)15-21(18,19)12-7-9(8-20-12)10-5-6-11(17)16(4)14-10/h5-8,15H,1-4H3. The Labute approximate surface area is 127 Å².